The van der Waals surface area contributed by atoms with E-state index >= 15 is 0 Å². The topological polar surface area (TPSA) is 95.9 Å². The Morgan fingerprint density at radius 3 is 2.43 bits per heavy atom. The van der Waals surface area contributed by atoms with E-state index in [1.807, 2.05) is 19.9 Å². The van der Waals surface area contributed by atoms with E-state index in [1.54, 1.807) is 19.3 Å². The molecule has 0 spiro atoms. The summed E-state index contributed by atoms with van der Waals surface area (Å²) >= 11 is 0. The minimum Gasteiger partial charge on any atom is -0.475 e. The fourth-order valence-electron chi connectivity index (χ4n) is 2.79. The summed E-state index contributed by atoms with van der Waals surface area (Å²) in [6.07, 6.45) is 2.21. The molecule has 0 bridgehead atoms. The lowest BCUT2D eigenvalue weighted by atomic mass is 10.1. The fourth-order valence-corrected chi connectivity index (χ4v) is 3.77. The molecular formula is C17H27F3IN5O3S. The zero-order valence-corrected chi connectivity index (χ0v) is 20.1. The number of halogens is 4. The van der Waals surface area contributed by atoms with Gasteiger partial charge in [-0.2, -0.15) is 17.5 Å². The number of rotatable bonds is 6. The summed E-state index contributed by atoms with van der Waals surface area (Å²) in [7, 11) is -3.69. The molecule has 1 aliphatic heterocycles. The van der Waals surface area contributed by atoms with E-state index in [0.29, 0.717) is 22.7 Å². The molecule has 1 aromatic heterocycles. The standard InChI is InChI=1S/C17H26F3N5O3S.HI/c1-12(2)28-15-5-4-13(10-22-15)11-23-16(21-3)24-14-6-8-25(9-7-14)29(26,27)17(18,19)20;/h4-5,10,12,14H,6-9,11H2,1-3H3,(H2,21,23,24);1H. The Morgan fingerprint density at radius 1 is 1.33 bits per heavy atom. The third kappa shape index (κ3) is 7.41. The van der Waals surface area contributed by atoms with Gasteiger partial charge in [0.1, 0.15) is 0 Å². The minimum absolute atomic E-state index is 0. The molecule has 13 heteroatoms. The molecular weight excluding hydrogens is 538 g/mol. The highest BCUT2D eigenvalue weighted by Crippen LogP contribution is 2.28. The number of aromatic nitrogens is 1. The maximum absolute atomic E-state index is 12.6. The highest BCUT2D eigenvalue weighted by Gasteiger charge is 2.50. The van der Waals surface area contributed by atoms with Gasteiger partial charge in [0.15, 0.2) is 5.96 Å². The van der Waals surface area contributed by atoms with Crippen molar-refractivity contribution in [2.45, 2.75) is 50.9 Å². The van der Waals surface area contributed by atoms with Crippen LogP contribution in [0.25, 0.3) is 0 Å². The summed E-state index contributed by atoms with van der Waals surface area (Å²) in [6, 6.07) is 3.45. The predicted octanol–water partition coefficient (Wildman–Crippen LogP) is 2.47. The number of alkyl halides is 3. The van der Waals surface area contributed by atoms with Gasteiger partial charge in [0, 0.05) is 45.0 Å². The van der Waals surface area contributed by atoms with E-state index in [9.17, 15) is 21.6 Å². The Hall–Kier alpha value is -1.35. The second kappa shape index (κ2) is 11.3. The first-order valence-corrected chi connectivity index (χ1v) is 10.6. The highest BCUT2D eigenvalue weighted by atomic mass is 127. The van der Waals surface area contributed by atoms with Crippen molar-refractivity contribution in [2.75, 3.05) is 20.1 Å². The van der Waals surface area contributed by atoms with Crippen molar-refractivity contribution in [3.63, 3.8) is 0 Å². The van der Waals surface area contributed by atoms with Gasteiger partial charge in [-0.25, -0.2) is 13.4 Å². The Balaban J connectivity index is 0.00000450. The molecule has 2 rings (SSSR count). The summed E-state index contributed by atoms with van der Waals surface area (Å²) in [5.74, 6) is 1.01. The van der Waals surface area contributed by atoms with E-state index in [-0.39, 0.29) is 62.1 Å². The highest BCUT2D eigenvalue weighted by molar-refractivity contribution is 14.0. The summed E-state index contributed by atoms with van der Waals surface area (Å²) in [6.45, 7) is 3.87. The molecule has 2 heterocycles. The van der Waals surface area contributed by atoms with Gasteiger partial charge in [-0.15, -0.1) is 24.0 Å². The quantitative estimate of drug-likeness (QED) is 0.313. The van der Waals surface area contributed by atoms with Crippen LogP contribution >= 0.6 is 24.0 Å². The molecule has 0 saturated carbocycles. The van der Waals surface area contributed by atoms with Crippen molar-refractivity contribution in [1.29, 1.82) is 0 Å². The summed E-state index contributed by atoms with van der Waals surface area (Å²) in [5, 5.41) is 6.22. The number of pyridine rings is 1. The largest absolute Gasteiger partial charge is 0.511 e. The van der Waals surface area contributed by atoms with Crippen molar-refractivity contribution >= 4 is 40.0 Å². The van der Waals surface area contributed by atoms with Crippen molar-refractivity contribution in [3.05, 3.63) is 23.9 Å². The SMILES string of the molecule is CN=C(NCc1ccc(OC(C)C)nc1)NC1CCN(S(=O)(=O)C(F)(F)F)CC1.I. The number of guanidine groups is 1. The number of aliphatic imine (C=N–C) groups is 1. The van der Waals surface area contributed by atoms with E-state index in [4.69, 9.17) is 4.74 Å². The first kappa shape index (κ1) is 26.7. The van der Waals surface area contributed by atoms with Gasteiger partial charge in [-0.3, -0.25) is 4.99 Å². The van der Waals surface area contributed by atoms with Crippen LogP contribution < -0.4 is 15.4 Å². The van der Waals surface area contributed by atoms with Crippen LogP contribution in [0.1, 0.15) is 32.3 Å². The van der Waals surface area contributed by atoms with Crippen molar-refractivity contribution < 1.29 is 26.3 Å². The summed E-state index contributed by atoms with van der Waals surface area (Å²) in [4.78, 5) is 8.31. The average Bonchev–Trinajstić information content (AvgIpc) is 2.65. The number of piperidine rings is 1. The van der Waals surface area contributed by atoms with E-state index < -0.39 is 15.5 Å². The first-order chi connectivity index (χ1) is 13.5. The Bertz CT molecular complexity index is 796. The zero-order valence-electron chi connectivity index (χ0n) is 16.9. The van der Waals surface area contributed by atoms with Crippen LogP contribution in [0.3, 0.4) is 0 Å². The normalized spacial score (nSPS) is 16.8. The number of hydrogen-bond donors (Lipinski definition) is 2. The smallest absolute Gasteiger partial charge is 0.475 e. The first-order valence-electron chi connectivity index (χ1n) is 9.18. The van der Waals surface area contributed by atoms with Crippen LogP contribution in [0, 0.1) is 0 Å². The van der Waals surface area contributed by atoms with Crippen LogP contribution in [0.5, 0.6) is 5.88 Å². The predicted molar refractivity (Wildman–Crippen MR) is 118 cm³/mol. The van der Waals surface area contributed by atoms with Gasteiger partial charge in [-0.1, -0.05) is 6.07 Å². The molecule has 1 aromatic rings. The van der Waals surface area contributed by atoms with E-state index in [2.05, 4.69) is 20.6 Å². The van der Waals surface area contributed by atoms with Gasteiger partial charge < -0.3 is 15.4 Å². The van der Waals surface area contributed by atoms with Crippen molar-refractivity contribution in [1.82, 2.24) is 19.9 Å². The van der Waals surface area contributed by atoms with Crippen LogP contribution in [0.2, 0.25) is 0 Å². The fraction of sp³-hybridized carbons (Fsp3) is 0.647. The Kier molecular flexibility index (Phi) is 10.1. The lowest BCUT2D eigenvalue weighted by Crippen LogP contribution is -2.51. The second-order valence-corrected chi connectivity index (χ2v) is 8.79. The summed E-state index contributed by atoms with van der Waals surface area (Å²) < 4.78 is 66.8. The molecule has 1 fully saturated rings. The van der Waals surface area contributed by atoms with E-state index in [0.717, 1.165) is 5.56 Å². The molecule has 8 nitrogen and oxygen atoms in total. The molecule has 2 N–H and O–H groups in total. The Labute approximate surface area is 191 Å². The minimum atomic E-state index is -5.27. The molecule has 0 aliphatic carbocycles. The molecule has 1 aliphatic rings. The monoisotopic (exact) mass is 565 g/mol. The van der Waals surface area contributed by atoms with E-state index in [1.165, 1.54) is 0 Å². The second-order valence-electron chi connectivity index (χ2n) is 6.87. The number of hydrogen-bond acceptors (Lipinski definition) is 5. The van der Waals surface area contributed by atoms with Gasteiger partial charge in [0.05, 0.1) is 6.10 Å². The maximum atomic E-state index is 12.6. The van der Waals surface area contributed by atoms with Crippen molar-refractivity contribution in [3.8, 4) is 5.88 Å². The average molecular weight is 565 g/mol. The van der Waals surface area contributed by atoms with Gasteiger partial charge in [-0.05, 0) is 32.3 Å². The van der Waals surface area contributed by atoms with Crippen LogP contribution in [-0.2, 0) is 16.6 Å². The van der Waals surface area contributed by atoms with Crippen LogP contribution in [0.4, 0.5) is 13.2 Å². The zero-order chi connectivity index (χ0) is 21.7. The van der Waals surface area contributed by atoms with Crippen LogP contribution in [0.15, 0.2) is 23.3 Å². The Morgan fingerprint density at radius 2 is 1.97 bits per heavy atom. The summed E-state index contributed by atoms with van der Waals surface area (Å²) in [5.41, 5.74) is -4.37. The lowest BCUT2D eigenvalue weighted by Gasteiger charge is -2.32. The molecule has 172 valence electrons. The maximum Gasteiger partial charge on any atom is 0.511 e. The molecule has 0 atom stereocenters. The number of nitrogens with zero attached hydrogens (tertiary/aromatic N) is 3. The molecule has 1 saturated heterocycles. The lowest BCUT2D eigenvalue weighted by molar-refractivity contribution is -0.0494. The van der Waals surface area contributed by atoms with Gasteiger partial charge in [0.25, 0.3) is 0 Å². The van der Waals surface area contributed by atoms with Gasteiger partial charge >= 0.3 is 15.5 Å². The molecule has 0 amide bonds. The number of nitrogens with one attached hydrogen (secondary N) is 2. The molecule has 0 radical (unpaired) electrons. The van der Waals surface area contributed by atoms with Crippen LogP contribution in [-0.4, -0.2) is 61.5 Å². The molecule has 30 heavy (non-hydrogen) atoms. The third-order valence-electron chi connectivity index (χ3n) is 4.26. The molecule has 0 unspecified atom stereocenters. The van der Waals surface area contributed by atoms with Gasteiger partial charge in [0.2, 0.25) is 5.88 Å². The molecule has 0 aromatic carbocycles. The number of ether oxygens (including phenoxy) is 1. The number of sulfonamides is 1. The van der Waals surface area contributed by atoms with Crippen molar-refractivity contribution in [2.24, 2.45) is 4.99 Å². The third-order valence-corrected chi connectivity index (χ3v) is 5.89.